The maximum atomic E-state index is 12.8. The lowest BCUT2D eigenvalue weighted by Crippen LogP contribution is -2.32. The number of hydrogen-bond acceptors (Lipinski definition) is 5. The Kier molecular flexibility index (Phi) is 7.67. The van der Waals surface area contributed by atoms with Crippen molar-refractivity contribution in [3.05, 3.63) is 59.7 Å². The van der Waals surface area contributed by atoms with E-state index in [9.17, 15) is 9.59 Å². The molecule has 0 aliphatic carbocycles. The molecule has 0 fully saturated rings. The van der Waals surface area contributed by atoms with Crippen molar-refractivity contribution >= 4 is 11.9 Å². The highest BCUT2D eigenvalue weighted by molar-refractivity contribution is 5.95. The maximum absolute atomic E-state index is 12.8. The highest BCUT2D eigenvalue weighted by atomic mass is 16.6. The van der Waals surface area contributed by atoms with E-state index in [2.05, 4.69) is 16.9 Å². The minimum Gasteiger partial charge on any atom is -0.493 e. The number of likely N-dealkylation sites (N-methyl/N-ethyl adjacent to an activating group) is 1. The molecule has 6 heteroatoms. The number of amides is 1. The zero-order chi connectivity index (χ0) is 19.6. The smallest absolute Gasteiger partial charge is 0.343 e. The Labute approximate surface area is 159 Å². The van der Waals surface area contributed by atoms with Gasteiger partial charge in [0.15, 0.2) is 18.1 Å². The van der Waals surface area contributed by atoms with Gasteiger partial charge >= 0.3 is 5.97 Å². The molecule has 0 unspecified atom stereocenters. The molecule has 27 heavy (non-hydrogen) atoms. The third-order valence-corrected chi connectivity index (χ3v) is 4.17. The first-order chi connectivity index (χ1) is 13.1. The number of carbonyl (C=O) groups is 2. The van der Waals surface area contributed by atoms with E-state index in [0.29, 0.717) is 30.2 Å². The number of rotatable bonds is 9. The fourth-order valence-corrected chi connectivity index (χ4v) is 2.61. The van der Waals surface area contributed by atoms with Gasteiger partial charge in [0.05, 0.1) is 14.2 Å². The van der Waals surface area contributed by atoms with Crippen molar-refractivity contribution in [3.63, 3.8) is 0 Å². The number of carbonyl (C=O) groups excluding carboxylic acids is 2. The monoisotopic (exact) mass is 371 g/mol. The molecular weight excluding hydrogens is 346 g/mol. The SMILES string of the molecule is CCN(CCc1ccccc1)C(=O)c1ccc(OCC(=O)OC)c(OC)c1. The van der Waals surface area contributed by atoms with E-state index in [4.69, 9.17) is 9.47 Å². The molecule has 0 aliphatic heterocycles. The average Bonchev–Trinajstić information content (AvgIpc) is 2.72. The topological polar surface area (TPSA) is 65.1 Å². The van der Waals surface area contributed by atoms with Crippen LogP contribution in [0.3, 0.4) is 0 Å². The van der Waals surface area contributed by atoms with Crippen LogP contribution in [0.15, 0.2) is 48.5 Å². The fraction of sp³-hybridized carbons (Fsp3) is 0.333. The van der Waals surface area contributed by atoms with E-state index in [0.717, 1.165) is 6.42 Å². The summed E-state index contributed by atoms with van der Waals surface area (Å²) in [5.74, 6) is 0.206. The molecule has 0 heterocycles. The summed E-state index contributed by atoms with van der Waals surface area (Å²) in [5, 5.41) is 0. The molecule has 144 valence electrons. The van der Waals surface area contributed by atoms with Crippen LogP contribution >= 0.6 is 0 Å². The van der Waals surface area contributed by atoms with Crippen LogP contribution in [0.1, 0.15) is 22.8 Å². The summed E-state index contributed by atoms with van der Waals surface area (Å²) in [5.41, 5.74) is 1.69. The standard InChI is InChI=1S/C21H25NO5/c1-4-22(13-12-16-8-6-5-7-9-16)21(24)17-10-11-18(19(14-17)25-2)27-15-20(23)26-3/h5-11,14H,4,12-13,15H2,1-3H3. The second kappa shape index (κ2) is 10.2. The molecule has 0 radical (unpaired) electrons. The van der Waals surface area contributed by atoms with Crippen LogP contribution in [-0.4, -0.2) is 50.7 Å². The molecule has 0 aromatic heterocycles. The number of hydrogen-bond donors (Lipinski definition) is 0. The Balaban J connectivity index is 2.07. The van der Waals surface area contributed by atoms with Gasteiger partial charge in [-0.2, -0.15) is 0 Å². The van der Waals surface area contributed by atoms with E-state index in [1.165, 1.54) is 19.8 Å². The van der Waals surface area contributed by atoms with Gasteiger partial charge < -0.3 is 19.1 Å². The van der Waals surface area contributed by atoms with Gasteiger partial charge in [0.1, 0.15) is 0 Å². The summed E-state index contributed by atoms with van der Waals surface area (Å²) in [6.07, 6.45) is 0.790. The van der Waals surface area contributed by atoms with Gasteiger partial charge in [-0.3, -0.25) is 4.79 Å². The summed E-state index contributed by atoms with van der Waals surface area (Å²) in [6.45, 7) is 2.96. The van der Waals surface area contributed by atoms with E-state index in [1.807, 2.05) is 25.1 Å². The number of nitrogens with zero attached hydrogens (tertiary/aromatic N) is 1. The predicted octanol–water partition coefficient (Wildman–Crippen LogP) is 2.95. The molecule has 2 aromatic carbocycles. The van der Waals surface area contributed by atoms with Crippen molar-refractivity contribution in [3.8, 4) is 11.5 Å². The van der Waals surface area contributed by atoms with Crippen LogP contribution in [0, 0.1) is 0 Å². The molecule has 0 atom stereocenters. The molecule has 0 bridgehead atoms. The Morgan fingerprint density at radius 3 is 2.37 bits per heavy atom. The van der Waals surface area contributed by atoms with Gasteiger partial charge in [-0.15, -0.1) is 0 Å². The minimum absolute atomic E-state index is 0.0775. The number of benzene rings is 2. The largest absolute Gasteiger partial charge is 0.493 e. The van der Waals surface area contributed by atoms with Crippen LogP contribution in [0.5, 0.6) is 11.5 Å². The Bertz CT molecular complexity index is 760. The number of ether oxygens (including phenoxy) is 3. The first-order valence-corrected chi connectivity index (χ1v) is 8.79. The van der Waals surface area contributed by atoms with Crippen LogP contribution in [0.25, 0.3) is 0 Å². The van der Waals surface area contributed by atoms with Gasteiger partial charge in [0.2, 0.25) is 0 Å². The first kappa shape index (κ1) is 20.3. The molecule has 0 aliphatic rings. The maximum Gasteiger partial charge on any atom is 0.343 e. The molecule has 6 nitrogen and oxygen atoms in total. The number of esters is 1. The average molecular weight is 371 g/mol. The van der Waals surface area contributed by atoms with E-state index in [1.54, 1.807) is 23.1 Å². The highest BCUT2D eigenvalue weighted by Gasteiger charge is 2.17. The lowest BCUT2D eigenvalue weighted by atomic mass is 10.1. The van der Waals surface area contributed by atoms with Crippen molar-refractivity contribution < 1.29 is 23.8 Å². The second-order valence-corrected chi connectivity index (χ2v) is 5.85. The van der Waals surface area contributed by atoms with Crippen molar-refractivity contribution in [2.75, 3.05) is 33.9 Å². The van der Waals surface area contributed by atoms with Crippen LogP contribution in [-0.2, 0) is 16.0 Å². The summed E-state index contributed by atoms with van der Waals surface area (Å²) < 4.78 is 15.2. The first-order valence-electron chi connectivity index (χ1n) is 8.79. The van der Waals surface area contributed by atoms with Crippen molar-refractivity contribution in [1.82, 2.24) is 4.90 Å². The summed E-state index contributed by atoms with van der Waals surface area (Å²) >= 11 is 0. The normalized spacial score (nSPS) is 10.2. The molecule has 1 amide bonds. The molecule has 0 N–H and O–H groups in total. The Morgan fingerprint density at radius 1 is 1.00 bits per heavy atom. The van der Waals surface area contributed by atoms with E-state index < -0.39 is 5.97 Å². The molecule has 2 aromatic rings. The van der Waals surface area contributed by atoms with Gasteiger partial charge in [-0.25, -0.2) is 4.79 Å². The fourth-order valence-electron chi connectivity index (χ4n) is 2.61. The zero-order valence-electron chi connectivity index (χ0n) is 15.9. The lowest BCUT2D eigenvalue weighted by molar-refractivity contribution is -0.142. The van der Waals surface area contributed by atoms with E-state index in [-0.39, 0.29) is 12.5 Å². The van der Waals surface area contributed by atoms with Crippen LogP contribution in [0.4, 0.5) is 0 Å². The van der Waals surface area contributed by atoms with Gasteiger partial charge in [0.25, 0.3) is 5.91 Å². The molecular formula is C21H25NO5. The van der Waals surface area contributed by atoms with Crippen LogP contribution < -0.4 is 9.47 Å². The number of methoxy groups -OCH3 is 2. The summed E-state index contributed by atoms with van der Waals surface area (Å²) in [6, 6.07) is 15.0. The Morgan fingerprint density at radius 2 is 1.74 bits per heavy atom. The van der Waals surface area contributed by atoms with Gasteiger partial charge in [-0.1, -0.05) is 30.3 Å². The van der Waals surface area contributed by atoms with Crippen molar-refractivity contribution in [2.45, 2.75) is 13.3 Å². The molecule has 0 saturated carbocycles. The van der Waals surface area contributed by atoms with Gasteiger partial charge in [0, 0.05) is 18.7 Å². The summed E-state index contributed by atoms with van der Waals surface area (Å²) in [7, 11) is 2.78. The summed E-state index contributed by atoms with van der Waals surface area (Å²) in [4.78, 5) is 25.9. The second-order valence-electron chi connectivity index (χ2n) is 5.85. The molecule has 2 rings (SSSR count). The lowest BCUT2D eigenvalue weighted by Gasteiger charge is -2.21. The minimum atomic E-state index is -0.490. The molecule has 0 spiro atoms. The van der Waals surface area contributed by atoms with Crippen molar-refractivity contribution in [2.24, 2.45) is 0 Å². The van der Waals surface area contributed by atoms with Gasteiger partial charge in [-0.05, 0) is 37.1 Å². The third kappa shape index (κ3) is 5.74. The quantitative estimate of drug-likeness (QED) is 0.634. The van der Waals surface area contributed by atoms with Crippen molar-refractivity contribution in [1.29, 1.82) is 0 Å². The predicted molar refractivity (Wildman–Crippen MR) is 102 cm³/mol. The molecule has 0 saturated heterocycles. The highest BCUT2D eigenvalue weighted by Crippen LogP contribution is 2.28. The zero-order valence-corrected chi connectivity index (χ0v) is 15.9. The third-order valence-electron chi connectivity index (χ3n) is 4.17. The van der Waals surface area contributed by atoms with E-state index >= 15 is 0 Å². The Hall–Kier alpha value is -3.02. The van der Waals surface area contributed by atoms with Crippen LogP contribution in [0.2, 0.25) is 0 Å².